The van der Waals surface area contributed by atoms with Gasteiger partial charge < -0.3 is 9.84 Å². The molecule has 1 aromatic carbocycles. The third kappa shape index (κ3) is 5.35. The van der Waals surface area contributed by atoms with E-state index in [0.29, 0.717) is 6.61 Å². The zero-order valence-electron chi connectivity index (χ0n) is 10.3. The lowest BCUT2D eigenvalue weighted by molar-refractivity contribution is 0.0903. The molecule has 1 aliphatic heterocycles. The number of benzene rings is 1. The van der Waals surface area contributed by atoms with E-state index in [1.54, 1.807) is 0 Å². The van der Waals surface area contributed by atoms with E-state index in [4.69, 9.17) is 9.84 Å². The topological polar surface area (TPSA) is 61.8 Å². The van der Waals surface area contributed by atoms with Crippen LogP contribution >= 0.6 is 12.4 Å². The van der Waals surface area contributed by atoms with E-state index in [2.05, 4.69) is 5.43 Å². The molecule has 0 aliphatic carbocycles. The molecule has 18 heavy (non-hydrogen) atoms. The van der Waals surface area contributed by atoms with E-state index < -0.39 is 0 Å². The third-order valence-corrected chi connectivity index (χ3v) is 2.29. The number of halogens is 1. The van der Waals surface area contributed by atoms with Crippen LogP contribution in [0, 0.1) is 0 Å². The van der Waals surface area contributed by atoms with Crippen LogP contribution in [0.4, 0.5) is 4.79 Å². The lowest BCUT2D eigenvalue weighted by Crippen LogP contribution is -2.37. The third-order valence-electron chi connectivity index (χ3n) is 2.29. The number of hydrogen-bond donors (Lipinski definition) is 2. The standard InChI is InChI=1S/C11H14N2O2.CH4O.ClH/c14-11(13-8-4-7-12-13)15-9-10-5-2-1-3-6-10;1-2;/h1-3,5-6,12H,4,7-9H2;2H,1H3;1H. The number of hydrazine groups is 1. The number of carbonyl (C=O) groups is 1. The van der Waals surface area contributed by atoms with Gasteiger partial charge in [-0.3, -0.25) is 0 Å². The summed E-state index contributed by atoms with van der Waals surface area (Å²) >= 11 is 0. The van der Waals surface area contributed by atoms with Crippen LogP contribution in [-0.2, 0) is 11.3 Å². The second-order valence-corrected chi connectivity index (χ2v) is 3.45. The summed E-state index contributed by atoms with van der Waals surface area (Å²) in [6.07, 6.45) is 0.692. The predicted molar refractivity (Wildman–Crippen MR) is 71.3 cm³/mol. The summed E-state index contributed by atoms with van der Waals surface area (Å²) in [6.45, 7) is 1.91. The highest BCUT2D eigenvalue weighted by molar-refractivity contribution is 5.85. The van der Waals surface area contributed by atoms with Gasteiger partial charge in [-0.05, 0) is 12.0 Å². The smallest absolute Gasteiger partial charge is 0.424 e. The Kier molecular flexibility index (Phi) is 9.00. The Morgan fingerprint density at radius 3 is 2.61 bits per heavy atom. The summed E-state index contributed by atoms with van der Waals surface area (Å²) in [7, 11) is 1.00. The van der Waals surface area contributed by atoms with E-state index in [-0.39, 0.29) is 18.5 Å². The van der Waals surface area contributed by atoms with Gasteiger partial charge in [-0.15, -0.1) is 12.4 Å². The van der Waals surface area contributed by atoms with Gasteiger partial charge in [-0.1, -0.05) is 30.3 Å². The normalized spacial score (nSPS) is 13.1. The van der Waals surface area contributed by atoms with Crippen molar-refractivity contribution in [2.24, 2.45) is 0 Å². The number of aliphatic hydroxyl groups excluding tert-OH is 1. The number of nitrogens with zero attached hydrogens (tertiary/aromatic N) is 1. The van der Waals surface area contributed by atoms with Gasteiger partial charge in [0.25, 0.3) is 0 Å². The fourth-order valence-corrected chi connectivity index (χ4v) is 1.48. The highest BCUT2D eigenvalue weighted by Crippen LogP contribution is 2.04. The van der Waals surface area contributed by atoms with Gasteiger partial charge in [0.2, 0.25) is 0 Å². The molecule has 1 amide bonds. The fourth-order valence-electron chi connectivity index (χ4n) is 1.48. The SMILES string of the molecule is CO.Cl.O=C(OCc1ccccc1)N1CCCN1. The Labute approximate surface area is 113 Å². The molecule has 0 spiro atoms. The Morgan fingerprint density at radius 1 is 1.39 bits per heavy atom. The zero-order valence-corrected chi connectivity index (χ0v) is 11.2. The highest BCUT2D eigenvalue weighted by atomic mass is 35.5. The zero-order chi connectivity index (χ0) is 12.5. The first-order chi connectivity index (χ1) is 8.36. The monoisotopic (exact) mass is 274 g/mol. The summed E-state index contributed by atoms with van der Waals surface area (Å²) < 4.78 is 5.14. The Morgan fingerprint density at radius 2 is 2.06 bits per heavy atom. The van der Waals surface area contributed by atoms with Crippen molar-refractivity contribution in [1.29, 1.82) is 0 Å². The first kappa shape index (κ1) is 16.7. The van der Waals surface area contributed by atoms with Crippen LogP contribution in [-0.4, -0.2) is 36.4 Å². The maximum atomic E-state index is 11.5. The van der Waals surface area contributed by atoms with Gasteiger partial charge in [0.1, 0.15) is 6.61 Å². The van der Waals surface area contributed by atoms with Crippen LogP contribution in [0.25, 0.3) is 0 Å². The van der Waals surface area contributed by atoms with Crippen molar-refractivity contribution in [3.63, 3.8) is 0 Å². The number of nitrogens with one attached hydrogen (secondary N) is 1. The minimum Gasteiger partial charge on any atom is -0.444 e. The van der Waals surface area contributed by atoms with Gasteiger partial charge >= 0.3 is 6.09 Å². The summed E-state index contributed by atoms with van der Waals surface area (Å²) in [4.78, 5) is 11.5. The molecule has 0 aromatic heterocycles. The number of hydrogen-bond acceptors (Lipinski definition) is 4. The molecule has 6 heteroatoms. The van der Waals surface area contributed by atoms with E-state index in [1.807, 2.05) is 30.3 Å². The van der Waals surface area contributed by atoms with Crippen molar-refractivity contribution in [3.05, 3.63) is 35.9 Å². The first-order valence-electron chi connectivity index (χ1n) is 5.53. The molecule has 5 nitrogen and oxygen atoms in total. The number of aliphatic hydroxyl groups is 1. The van der Waals surface area contributed by atoms with E-state index in [1.165, 1.54) is 5.01 Å². The van der Waals surface area contributed by atoms with Gasteiger partial charge in [0.15, 0.2) is 0 Å². The molecule has 2 N–H and O–H groups in total. The van der Waals surface area contributed by atoms with E-state index >= 15 is 0 Å². The minimum atomic E-state index is -0.295. The van der Waals surface area contributed by atoms with Crippen LogP contribution in [0.2, 0.25) is 0 Å². The number of carbonyl (C=O) groups excluding carboxylic acids is 1. The van der Waals surface area contributed by atoms with Crippen molar-refractivity contribution < 1.29 is 14.6 Å². The molecule has 0 bridgehead atoms. The number of amides is 1. The minimum absolute atomic E-state index is 0. The van der Waals surface area contributed by atoms with Crippen molar-refractivity contribution >= 4 is 18.5 Å². The largest absolute Gasteiger partial charge is 0.444 e. The van der Waals surface area contributed by atoms with Gasteiger partial charge in [0.05, 0.1) is 0 Å². The molecular weight excluding hydrogens is 256 g/mol. The van der Waals surface area contributed by atoms with E-state index in [9.17, 15) is 4.79 Å². The van der Waals surface area contributed by atoms with Crippen LogP contribution in [0.3, 0.4) is 0 Å². The summed E-state index contributed by atoms with van der Waals surface area (Å²) in [5.74, 6) is 0. The average Bonchev–Trinajstić information content (AvgIpc) is 2.93. The Balaban J connectivity index is 0.000000917. The summed E-state index contributed by atoms with van der Waals surface area (Å²) in [5, 5.41) is 8.52. The van der Waals surface area contributed by atoms with Crippen molar-refractivity contribution in [2.75, 3.05) is 20.2 Å². The highest BCUT2D eigenvalue weighted by Gasteiger charge is 2.18. The van der Waals surface area contributed by atoms with Crippen molar-refractivity contribution in [1.82, 2.24) is 10.4 Å². The van der Waals surface area contributed by atoms with Crippen LogP contribution in [0.1, 0.15) is 12.0 Å². The lowest BCUT2D eigenvalue weighted by atomic mass is 10.2. The second-order valence-electron chi connectivity index (χ2n) is 3.45. The van der Waals surface area contributed by atoms with Crippen LogP contribution < -0.4 is 5.43 Å². The van der Waals surface area contributed by atoms with Gasteiger partial charge in [-0.2, -0.15) is 0 Å². The maximum Gasteiger partial charge on any atom is 0.424 e. The van der Waals surface area contributed by atoms with Crippen molar-refractivity contribution in [3.8, 4) is 0 Å². The first-order valence-corrected chi connectivity index (χ1v) is 5.53. The van der Waals surface area contributed by atoms with Crippen LogP contribution in [0.5, 0.6) is 0 Å². The second kappa shape index (κ2) is 9.70. The molecule has 0 saturated carbocycles. The summed E-state index contributed by atoms with van der Waals surface area (Å²) in [5.41, 5.74) is 3.96. The van der Waals surface area contributed by atoms with Crippen LogP contribution in [0.15, 0.2) is 30.3 Å². The Hall–Kier alpha value is -1.30. The molecule has 1 fully saturated rings. The maximum absolute atomic E-state index is 11.5. The average molecular weight is 275 g/mol. The molecule has 0 atom stereocenters. The molecule has 1 aliphatic rings. The fraction of sp³-hybridized carbons (Fsp3) is 0.417. The molecule has 0 radical (unpaired) electrons. The molecule has 0 unspecified atom stereocenters. The molecule has 1 heterocycles. The van der Waals surface area contributed by atoms with Gasteiger partial charge in [-0.25, -0.2) is 15.2 Å². The number of ether oxygens (including phenoxy) is 1. The molecule has 1 saturated heterocycles. The molecule has 1 aromatic rings. The molecule has 2 rings (SSSR count). The van der Waals surface area contributed by atoms with E-state index in [0.717, 1.165) is 32.2 Å². The quantitative estimate of drug-likeness (QED) is 0.859. The summed E-state index contributed by atoms with van der Waals surface area (Å²) in [6, 6.07) is 9.66. The lowest BCUT2D eigenvalue weighted by Gasteiger charge is -2.15. The van der Waals surface area contributed by atoms with Crippen molar-refractivity contribution in [2.45, 2.75) is 13.0 Å². The number of rotatable bonds is 2. The molecular formula is C12H19ClN2O3. The Bertz CT molecular complexity index is 329. The predicted octanol–water partition coefficient (Wildman–Crippen LogP) is 1.56. The van der Waals surface area contributed by atoms with Gasteiger partial charge in [0, 0.05) is 20.2 Å². The molecule has 102 valence electrons.